The van der Waals surface area contributed by atoms with Crippen molar-refractivity contribution in [3.63, 3.8) is 0 Å². The third-order valence-electron chi connectivity index (χ3n) is 5.44. The van der Waals surface area contributed by atoms with Gasteiger partial charge in [0.05, 0.1) is 24.3 Å². The number of nitrogens with zero attached hydrogens (tertiary/aromatic N) is 2. The highest BCUT2D eigenvalue weighted by Crippen LogP contribution is 2.39. The Morgan fingerprint density at radius 1 is 1.32 bits per heavy atom. The van der Waals surface area contributed by atoms with Crippen LogP contribution < -0.4 is 5.43 Å². The molecular formula is C18H20N2O2. The van der Waals surface area contributed by atoms with Crippen LogP contribution in [0.5, 0.6) is 0 Å². The van der Waals surface area contributed by atoms with Crippen LogP contribution in [0.2, 0.25) is 0 Å². The van der Waals surface area contributed by atoms with Crippen molar-refractivity contribution in [2.45, 2.75) is 38.5 Å². The topological polar surface area (TPSA) is 37.8 Å². The van der Waals surface area contributed by atoms with Crippen LogP contribution >= 0.6 is 0 Å². The third kappa shape index (κ3) is 1.74. The molecule has 5 rings (SSSR count). The van der Waals surface area contributed by atoms with Gasteiger partial charge in [0.2, 0.25) is 0 Å². The molecule has 3 aliphatic rings. The van der Waals surface area contributed by atoms with Gasteiger partial charge in [-0.05, 0) is 31.9 Å². The van der Waals surface area contributed by atoms with Gasteiger partial charge in [0.25, 0.3) is 0 Å². The predicted molar refractivity (Wildman–Crippen MR) is 85.3 cm³/mol. The molecule has 0 amide bonds. The average molecular weight is 296 g/mol. The molecule has 0 saturated carbocycles. The van der Waals surface area contributed by atoms with Crippen molar-refractivity contribution in [3.05, 3.63) is 45.2 Å². The molecular weight excluding hydrogens is 276 g/mol. The highest BCUT2D eigenvalue weighted by atomic mass is 16.6. The summed E-state index contributed by atoms with van der Waals surface area (Å²) in [6.45, 7) is 6.01. The number of aromatic nitrogens is 1. The molecule has 0 N–H and O–H groups in total. The second-order valence-corrected chi connectivity index (χ2v) is 6.87. The fourth-order valence-corrected chi connectivity index (χ4v) is 4.31. The second-order valence-electron chi connectivity index (χ2n) is 6.87. The van der Waals surface area contributed by atoms with E-state index in [1.807, 2.05) is 0 Å². The summed E-state index contributed by atoms with van der Waals surface area (Å²) < 4.78 is 7.82. The molecule has 2 atom stereocenters. The van der Waals surface area contributed by atoms with E-state index in [1.165, 1.54) is 5.69 Å². The van der Waals surface area contributed by atoms with Crippen molar-refractivity contribution in [2.75, 3.05) is 19.7 Å². The molecule has 0 spiro atoms. The van der Waals surface area contributed by atoms with Gasteiger partial charge in [-0.1, -0.05) is 11.6 Å². The largest absolute Gasteiger partial charge is 0.372 e. The number of epoxide rings is 1. The smallest absolute Gasteiger partial charge is 0.192 e. The first-order valence-corrected chi connectivity index (χ1v) is 8.24. The molecule has 1 saturated heterocycles. The molecule has 4 nitrogen and oxygen atoms in total. The summed E-state index contributed by atoms with van der Waals surface area (Å²) in [4.78, 5) is 15.4. The summed E-state index contributed by atoms with van der Waals surface area (Å²) >= 11 is 0. The van der Waals surface area contributed by atoms with E-state index in [0.717, 1.165) is 61.1 Å². The van der Waals surface area contributed by atoms with Gasteiger partial charge >= 0.3 is 0 Å². The summed E-state index contributed by atoms with van der Waals surface area (Å²) in [7, 11) is 0. The minimum Gasteiger partial charge on any atom is -0.372 e. The first-order chi connectivity index (χ1) is 10.7. The summed E-state index contributed by atoms with van der Waals surface area (Å²) in [5.41, 5.74) is 4.88. The van der Waals surface area contributed by atoms with E-state index in [1.54, 1.807) is 0 Å². The number of benzene rings is 1. The zero-order chi connectivity index (χ0) is 14.8. The Hall–Kier alpha value is -1.65. The zero-order valence-electron chi connectivity index (χ0n) is 12.8. The Kier molecular flexibility index (Phi) is 2.59. The maximum Gasteiger partial charge on any atom is 0.192 e. The Labute approximate surface area is 129 Å². The van der Waals surface area contributed by atoms with Crippen LogP contribution in [0.3, 0.4) is 0 Å². The van der Waals surface area contributed by atoms with Crippen molar-refractivity contribution in [1.82, 2.24) is 9.47 Å². The monoisotopic (exact) mass is 296 g/mol. The van der Waals surface area contributed by atoms with Crippen LogP contribution in [0.4, 0.5) is 0 Å². The summed E-state index contributed by atoms with van der Waals surface area (Å²) in [5, 5.41) is 0.901. The van der Waals surface area contributed by atoms with Gasteiger partial charge in [0, 0.05) is 36.3 Å². The van der Waals surface area contributed by atoms with Crippen molar-refractivity contribution >= 4 is 10.9 Å². The molecule has 1 aromatic carbocycles. The second kappa shape index (κ2) is 4.43. The van der Waals surface area contributed by atoms with E-state index in [9.17, 15) is 4.79 Å². The van der Waals surface area contributed by atoms with E-state index in [4.69, 9.17) is 4.74 Å². The van der Waals surface area contributed by atoms with Crippen molar-refractivity contribution in [1.29, 1.82) is 0 Å². The van der Waals surface area contributed by atoms with E-state index in [-0.39, 0.29) is 5.43 Å². The van der Waals surface area contributed by atoms with Crippen molar-refractivity contribution < 1.29 is 4.74 Å². The number of hydrogen-bond donors (Lipinski definition) is 0. The fraction of sp³-hybridized carbons (Fsp3) is 0.500. The maximum atomic E-state index is 12.9. The predicted octanol–water partition coefficient (Wildman–Crippen LogP) is 2.01. The Morgan fingerprint density at radius 3 is 3.00 bits per heavy atom. The van der Waals surface area contributed by atoms with Crippen LogP contribution in [0.15, 0.2) is 23.0 Å². The van der Waals surface area contributed by atoms with Crippen LogP contribution in [0.25, 0.3) is 10.9 Å². The lowest BCUT2D eigenvalue weighted by atomic mass is 10.0. The number of ether oxygens (including phenoxy) is 1. The number of pyridine rings is 1. The quantitative estimate of drug-likeness (QED) is 0.796. The fourth-order valence-electron chi connectivity index (χ4n) is 4.31. The van der Waals surface area contributed by atoms with Crippen LogP contribution in [-0.4, -0.2) is 35.3 Å². The van der Waals surface area contributed by atoms with Gasteiger partial charge in [-0.15, -0.1) is 0 Å². The molecule has 114 valence electrons. The minimum atomic E-state index is 0.261. The molecule has 2 aliphatic heterocycles. The molecule has 0 unspecified atom stereocenters. The number of hydrogen-bond acceptors (Lipinski definition) is 3. The highest BCUT2D eigenvalue weighted by molar-refractivity contribution is 5.81. The van der Waals surface area contributed by atoms with Crippen molar-refractivity contribution in [2.24, 2.45) is 0 Å². The average Bonchev–Trinajstić information content (AvgIpc) is 3.22. The Morgan fingerprint density at radius 2 is 2.18 bits per heavy atom. The number of fused-ring (bicyclic) bond motifs is 2. The van der Waals surface area contributed by atoms with Gasteiger partial charge in [0.1, 0.15) is 0 Å². The minimum absolute atomic E-state index is 0.261. The summed E-state index contributed by atoms with van der Waals surface area (Å²) in [6, 6.07) is 6.71. The zero-order valence-corrected chi connectivity index (χ0v) is 12.8. The van der Waals surface area contributed by atoms with Gasteiger partial charge in [-0.2, -0.15) is 0 Å². The molecule has 1 aliphatic carbocycles. The van der Waals surface area contributed by atoms with Gasteiger partial charge < -0.3 is 9.30 Å². The lowest BCUT2D eigenvalue weighted by Gasteiger charge is -2.36. The highest BCUT2D eigenvalue weighted by Gasteiger charge is 2.38. The lowest BCUT2D eigenvalue weighted by Crippen LogP contribution is -2.40. The summed E-state index contributed by atoms with van der Waals surface area (Å²) in [5.74, 6) is 0. The van der Waals surface area contributed by atoms with E-state index in [0.29, 0.717) is 12.1 Å². The first kappa shape index (κ1) is 12.9. The third-order valence-corrected chi connectivity index (χ3v) is 5.44. The molecule has 4 heteroatoms. The standard InChI is InChI=1S/C18H20N2O2/c1-11-2-4-15-14(8-11)18(21)13-3-5-16-17(13)20(15)7-6-19(16)9-12-10-22-12/h2,4,8,12,16H,3,5-7,9-10H2,1H3/t12-,16-/m0/s1. The summed E-state index contributed by atoms with van der Waals surface area (Å²) in [6.07, 6.45) is 2.42. The van der Waals surface area contributed by atoms with Gasteiger partial charge in [-0.3, -0.25) is 9.69 Å². The molecule has 1 aromatic heterocycles. The number of aryl methyl sites for hydroxylation is 1. The van der Waals surface area contributed by atoms with Crippen LogP contribution in [0.1, 0.15) is 29.3 Å². The normalized spacial score (nSPS) is 26.4. The maximum absolute atomic E-state index is 12.9. The van der Waals surface area contributed by atoms with Gasteiger partial charge in [-0.25, -0.2) is 0 Å². The van der Waals surface area contributed by atoms with Crippen molar-refractivity contribution in [3.8, 4) is 0 Å². The molecule has 0 radical (unpaired) electrons. The van der Waals surface area contributed by atoms with E-state index >= 15 is 0 Å². The molecule has 22 heavy (non-hydrogen) atoms. The number of rotatable bonds is 2. The molecule has 0 bridgehead atoms. The molecule has 1 fully saturated rings. The molecule has 2 aromatic rings. The van der Waals surface area contributed by atoms with E-state index in [2.05, 4.69) is 34.6 Å². The van der Waals surface area contributed by atoms with Crippen LogP contribution in [0, 0.1) is 6.92 Å². The van der Waals surface area contributed by atoms with Gasteiger partial charge in [0.15, 0.2) is 5.43 Å². The van der Waals surface area contributed by atoms with Crippen LogP contribution in [-0.2, 0) is 17.7 Å². The van der Waals surface area contributed by atoms with E-state index < -0.39 is 0 Å². The SMILES string of the molecule is Cc1ccc2c(c1)c(=O)c1c3n2CCN(C[C@H]2CO2)[C@H]3CC1. The Bertz CT molecular complexity index is 835. The molecule has 3 heterocycles. The lowest BCUT2D eigenvalue weighted by molar-refractivity contribution is 0.146. The first-order valence-electron chi connectivity index (χ1n) is 8.24. The Balaban J connectivity index is 1.72.